The summed E-state index contributed by atoms with van der Waals surface area (Å²) in [4.78, 5) is 10.6. The van der Waals surface area contributed by atoms with Crippen molar-refractivity contribution >= 4 is 28.2 Å². The fourth-order valence-corrected chi connectivity index (χ4v) is 2.64. The van der Waals surface area contributed by atoms with Crippen LogP contribution in [0.4, 0.5) is 4.79 Å². The molecule has 0 heterocycles. The molecule has 2 aromatic rings. The van der Waals surface area contributed by atoms with Crippen molar-refractivity contribution in [3.63, 3.8) is 0 Å². The van der Waals surface area contributed by atoms with Crippen molar-refractivity contribution in [3.05, 3.63) is 52.0 Å². The highest BCUT2D eigenvalue weighted by atomic mass is 79.9. The van der Waals surface area contributed by atoms with Gasteiger partial charge in [0.2, 0.25) is 0 Å². The van der Waals surface area contributed by atoms with Gasteiger partial charge in [0, 0.05) is 0 Å². The second-order valence-corrected chi connectivity index (χ2v) is 6.13. The number of primary amides is 1. The quantitative estimate of drug-likeness (QED) is 0.388. The molecular weight excluding hydrogens is 402 g/mol. The Morgan fingerprint density at radius 1 is 1.23 bits per heavy atom. The minimum Gasteiger partial charge on any atom is -0.493 e. The summed E-state index contributed by atoms with van der Waals surface area (Å²) >= 11 is 3.45. The molecule has 2 rings (SSSR count). The Bertz CT molecular complexity index is 779. The summed E-state index contributed by atoms with van der Waals surface area (Å²) in [5.41, 5.74) is 8.96. The number of nitrogens with one attached hydrogen (secondary N) is 1. The molecule has 0 aliphatic carbocycles. The van der Waals surface area contributed by atoms with Crippen LogP contribution in [0.25, 0.3) is 0 Å². The van der Waals surface area contributed by atoms with Crippen LogP contribution in [-0.2, 0) is 0 Å². The number of methoxy groups -OCH3 is 1. The van der Waals surface area contributed by atoms with Crippen molar-refractivity contribution in [2.75, 3.05) is 20.3 Å². The highest BCUT2D eigenvalue weighted by Gasteiger charge is 2.11. The van der Waals surface area contributed by atoms with E-state index >= 15 is 0 Å². The standard InChI is InChI=1S/C18H20BrN3O4/c1-12-3-5-14(6-4-12)25-7-8-26-17-15(19)9-13(10-16(17)24-2)11-21-22-18(20)23/h3-6,9-11H,7-8H2,1-2H3,(H3,20,22,23)/b21-11-. The lowest BCUT2D eigenvalue weighted by Crippen LogP contribution is -2.24. The van der Waals surface area contributed by atoms with Gasteiger partial charge in [0.1, 0.15) is 19.0 Å². The van der Waals surface area contributed by atoms with E-state index in [0.717, 1.165) is 5.75 Å². The van der Waals surface area contributed by atoms with E-state index in [1.807, 2.05) is 31.2 Å². The Morgan fingerprint density at radius 3 is 2.58 bits per heavy atom. The van der Waals surface area contributed by atoms with E-state index in [9.17, 15) is 4.79 Å². The maximum absolute atomic E-state index is 10.6. The Labute approximate surface area is 160 Å². The first-order valence-corrected chi connectivity index (χ1v) is 8.57. The molecule has 0 aliphatic heterocycles. The lowest BCUT2D eigenvalue weighted by atomic mass is 10.2. The minimum atomic E-state index is -0.735. The molecular formula is C18H20BrN3O4. The third kappa shape index (κ3) is 5.96. The number of hydrogen-bond acceptors (Lipinski definition) is 5. The van der Waals surface area contributed by atoms with Crippen LogP contribution in [-0.4, -0.2) is 32.6 Å². The van der Waals surface area contributed by atoms with Crippen LogP contribution in [0.2, 0.25) is 0 Å². The molecule has 7 nitrogen and oxygen atoms in total. The van der Waals surface area contributed by atoms with Crippen molar-refractivity contribution in [2.45, 2.75) is 6.92 Å². The second-order valence-electron chi connectivity index (χ2n) is 5.28. The summed E-state index contributed by atoms with van der Waals surface area (Å²) in [5.74, 6) is 1.87. The van der Waals surface area contributed by atoms with Gasteiger partial charge in [-0.25, -0.2) is 10.2 Å². The lowest BCUT2D eigenvalue weighted by Gasteiger charge is -2.14. The number of carbonyl (C=O) groups excluding carboxylic acids is 1. The van der Waals surface area contributed by atoms with E-state index in [0.29, 0.717) is 34.7 Å². The van der Waals surface area contributed by atoms with Crippen LogP contribution >= 0.6 is 15.9 Å². The van der Waals surface area contributed by atoms with Crippen LogP contribution in [0.5, 0.6) is 17.2 Å². The summed E-state index contributed by atoms with van der Waals surface area (Å²) in [6.45, 7) is 2.76. The number of ether oxygens (including phenoxy) is 3. The third-order valence-electron chi connectivity index (χ3n) is 3.26. The predicted octanol–water partition coefficient (Wildman–Crippen LogP) is 3.23. The molecule has 0 saturated carbocycles. The maximum atomic E-state index is 10.6. The maximum Gasteiger partial charge on any atom is 0.332 e. The molecule has 0 atom stereocenters. The number of rotatable bonds is 8. The SMILES string of the molecule is COc1cc(/C=N\NC(N)=O)cc(Br)c1OCCOc1ccc(C)cc1. The number of nitrogens with two attached hydrogens (primary N) is 1. The summed E-state index contributed by atoms with van der Waals surface area (Å²) in [7, 11) is 1.54. The molecule has 0 aliphatic rings. The number of aryl methyl sites for hydroxylation is 1. The first-order valence-electron chi connectivity index (χ1n) is 7.78. The number of hydrogen-bond donors (Lipinski definition) is 2. The third-order valence-corrected chi connectivity index (χ3v) is 3.85. The average Bonchev–Trinajstić information content (AvgIpc) is 2.61. The molecule has 0 aromatic heterocycles. The Morgan fingerprint density at radius 2 is 1.92 bits per heavy atom. The number of benzene rings is 2. The summed E-state index contributed by atoms with van der Waals surface area (Å²) in [6, 6.07) is 10.6. The molecule has 3 N–H and O–H groups in total. The van der Waals surface area contributed by atoms with E-state index in [4.69, 9.17) is 19.9 Å². The number of urea groups is 1. The average molecular weight is 422 g/mol. The zero-order valence-electron chi connectivity index (χ0n) is 14.5. The second kappa shape index (κ2) is 9.67. The minimum absolute atomic E-state index is 0.347. The molecule has 0 spiro atoms. The summed E-state index contributed by atoms with van der Waals surface area (Å²) < 4.78 is 17.5. The first-order chi connectivity index (χ1) is 12.5. The normalized spacial score (nSPS) is 10.6. The number of halogens is 1. The van der Waals surface area contributed by atoms with Crippen molar-refractivity contribution in [1.82, 2.24) is 5.43 Å². The predicted molar refractivity (Wildman–Crippen MR) is 103 cm³/mol. The van der Waals surface area contributed by atoms with Gasteiger partial charge in [-0.3, -0.25) is 0 Å². The van der Waals surface area contributed by atoms with Gasteiger partial charge in [-0.2, -0.15) is 5.10 Å². The van der Waals surface area contributed by atoms with E-state index in [2.05, 4.69) is 26.5 Å². The Hall–Kier alpha value is -2.74. The monoisotopic (exact) mass is 421 g/mol. The van der Waals surface area contributed by atoms with Crippen LogP contribution in [0, 0.1) is 6.92 Å². The van der Waals surface area contributed by atoms with Crippen molar-refractivity contribution in [2.24, 2.45) is 10.8 Å². The van der Waals surface area contributed by atoms with E-state index in [-0.39, 0.29) is 0 Å². The van der Waals surface area contributed by atoms with Crippen LogP contribution in [0.15, 0.2) is 46.0 Å². The van der Waals surface area contributed by atoms with Gasteiger partial charge in [0.25, 0.3) is 0 Å². The molecule has 8 heteroatoms. The topological polar surface area (TPSA) is 95.2 Å². The largest absolute Gasteiger partial charge is 0.493 e. The van der Waals surface area contributed by atoms with Crippen LogP contribution in [0.1, 0.15) is 11.1 Å². The molecule has 2 amide bonds. The Balaban J connectivity index is 1.96. The van der Waals surface area contributed by atoms with Crippen molar-refractivity contribution in [3.8, 4) is 17.2 Å². The van der Waals surface area contributed by atoms with Gasteiger partial charge in [0.15, 0.2) is 11.5 Å². The van der Waals surface area contributed by atoms with Gasteiger partial charge >= 0.3 is 6.03 Å². The fraction of sp³-hybridized carbons (Fsp3) is 0.222. The molecule has 2 aromatic carbocycles. The molecule has 0 unspecified atom stereocenters. The zero-order chi connectivity index (χ0) is 18.9. The van der Waals surface area contributed by atoms with Gasteiger partial charge in [-0.05, 0) is 52.7 Å². The van der Waals surface area contributed by atoms with Gasteiger partial charge in [-0.15, -0.1) is 0 Å². The van der Waals surface area contributed by atoms with E-state index in [1.54, 1.807) is 19.2 Å². The molecule has 0 bridgehead atoms. The Kier molecular flexibility index (Phi) is 7.28. The molecule has 0 radical (unpaired) electrons. The van der Waals surface area contributed by atoms with Crippen molar-refractivity contribution in [1.29, 1.82) is 0 Å². The lowest BCUT2D eigenvalue weighted by molar-refractivity contribution is 0.210. The van der Waals surface area contributed by atoms with Crippen LogP contribution in [0.3, 0.4) is 0 Å². The van der Waals surface area contributed by atoms with E-state index < -0.39 is 6.03 Å². The fourth-order valence-electron chi connectivity index (χ4n) is 2.06. The highest BCUT2D eigenvalue weighted by Crippen LogP contribution is 2.36. The van der Waals surface area contributed by atoms with Crippen LogP contribution < -0.4 is 25.4 Å². The number of amides is 2. The summed E-state index contributed by atoms with van der Waals surface area (Å²) in [6.07, 6.45) is 1.45. The van der Waals surface area contributed by atoms with Gasteiger partial charge in [0.05, 0.1) is 17.8 Å². The molecule has 0 saturated heterocycles. The summed E-state index contributed by atoms with van der Waals surface area (Å²) in [5, 5.41) is 3.72. The van der Waals surface area contributed by atoms with Gasteiger partial charge < -0.3 is 19.9 Å². The van der Waals surface area contributed by atoms with Gasteiger partial charge in [-0.1, -0.05) is 17.7 Å². The zero-order valence-corrected chi connectivity index (χ0v) is 16.1. The van der Waals surface area contributed by atoms with Crippen molar-refractivity contribution < 1.29 is 19.0 Å². The molecule has 26 heavy (non-hydrogen) atoms. The smallest absolute Gasteiger partial charge is 0.332 e. The van der Waals surface area contributed by atoms with E-state index in [1.165, 1.54) is 11.8 Å². The number of carbonyl (C=O) groups is 1. The first kappa shape index (κ1) is 19.6. The number of hydrazone groups is 1. The number of nitrogens with zero attached hydrogens (tertiary/aromatic N) is 1. The molecule has 0 fully saturated rings. The molecule has 138 valence electrons. The highest BCUT2D eigenvalue weighted by molar-refractivity contribution is 9.10.